The van der Waals surface area contributed by atoms with Crippen LogP contribution in [-0.4, -0.2) is 25.2 Å². The second kappa shape index (κ2) is 7.34. The van der Waals surface area contributed by atoms with Crippen LogP contribution >= 0.6 is 0 Å². The molecule has 0 bridgehead atoms. The average Bonchev–Trinajstić information content (AvgIpc) is 3.02. The highest BCUT2D eigenvalue weighted by molar-refractivity contribution is 6.07. The number of rotatable bonds is 5. The van der Waals surface area contributed by atoms with Crippen LogP contribution in [0.4, 0.5) is 0 Å². The van der Waals surface area contributed by atoms with E-state index in [9.17, 15) is 9.59 Å². The van der Waals surface area contributed by atoms with Crippen molar-refractivity contribution in [2.24, 2.45) is 0 Å². The molecule has 2 aromatic carbocycles. The van der Waals surface area contributed by atoms with Crippen LogP contribution in [-0.2, 0) is 19.1 Å². The first-order valence-corrected chi connectivity index (χ1v) is 8.41. The second-order valence-corrected chi connectivity index (χ2v) is 5.68. The van der Waals surface area contributed by atoms with E-state index < -0.39 is 17.9 Å². The molecule has 3 rings (SSSR count). The second-order valence-electron chi connectivity index (χ2n) is 5.68. The van der Waals surface area contributed by atoms with Gasteiger partial charge in [0.1, 0.15) is 5.92 Å². The summed E-state index contributed by atoms with van der Waals surface area (Å²) in [6, 6.07) is 15.6. The van der Waals surface area contributed by atoms with E-state index in [1.54, 1.807) is 19.9 Å². The molecule has 0 spiro atoms. The Labute approximate surface area is 147 Å². The molecule has 4 heteroatoms. The molecule has 1 aliphatic rings. The molecule has 0 aliphatic heterocycles. The third-order valence-corrected chi connectivity index (χ3v) is 4.18. The molecule has 2 aromatic rings. The molecule has 1 atom stereocenters. The fourth-order valence-corrected chi connectivity index (χ4v) is 3.14. The van der Waals surface area contributed by atoms with Crippen molar-refractivity contribution in [3.05, 3.63) is 65.2 Å². The number of carbonyl (C=O) groups excluding carboxylic acids is 2. The van der Waals surface area contributed by atoms with E-state index in [0.717, 1.165) is 22.3 Å². The smallest absolute Gasteiger partial charge is 0.335 e. The predicted molar refractivity (Wildman–Crippen MR) is 95.9 cm³/mol. The molecular formula is C21H20O4. The van der Waals surface area contributed by atoms with E-state index in [0.29, 0.717) is 5.57 Å². The zero-order chi connectivity index (χ0) is 17.8. The Morgan fingerprint density at radius 3 is 2.32 bits per heavy atom. The zero-order valence-corrected chi connectivity index (χ0v) is 14.3. The molecule has 0 saturated carbocycles. The Morgan fingerprint density at radius 1 is 0.920 bits per heavy atom. The van der Waals surface area contributed by atoms with E-state index >= 15 is 0 Å². The first-order chi connectivity index (χ1) is 12.2. The Kier molecular flexibility index (Phi) is 4.98. The van der Waals surface area contributed by atoms with Gasteiger partial charge in [0.2, 0.25) is 0 Å². The number of esters is 2. The van der Waals surface area contributed by atoms with Crippen LogP contribution in [0.3, 0.4) is 0 Å². The highest BCUT2D eigenvalue weighted by atomic mass is 16.5. The summed E-state index contributed by atoms with van der Waals surface area (Å²) in [4.78, 5) is 24.9. The van der Waals surface area contributed by atoms with E-state index in [-0.39, 0.29) is 13.2 Å². The van der Waals surface area contributed by atoms with Crippen LogP contribution < -0.4 is 0 Å². The largest absolute Gasteiger partial charge is 0.465 e. The number of ether oxygens (including phenoxy) is 2. The monoisotopic (exact) mass is 336 g/mol. The molecule has 0 amide bonds. The third-order valence-electron chi connectivity index (χ3n) is 4.18. The van der Waals surface area contributed by atoms with E-state index in [1.165, 1.54) is 0 Å². The van der Waals surface area contributed by atoms with Crippen molar-refractivity contribution in [1.82, 2.24) is 0 Å². The Balaban J connectivity index is 2.12. The van der Waals surface area contributed by atoms with Gasteiger partial charge in [-0.25, -0.2) is 4.79 Å². The van der Waals surface area contributed by atoms with Gasteiger partial charge >= 0.3 is 11.9 Å². The highest BCUT2D eigenvalue weighted by Crippen LogP contribution is 2.42. The minimum Gasteiger partial charge on any atom is -0.465 e. The summed E-state index contributed by atoms with van der Waals surface area (Å²) in [5, 5.41) is 0. The van der Waals surface area contributed by atoms with Crippen molar-refractivity contribution in [1.29, 1.82) is 0 Å². The van der Waals surface area contributed by atoms with Crippen LogP contribution in [0.25, 0.3) is 17.2 Å². The van der Waals surface area contributed by atoms with Gasteiger partial charge in [-0.3, -0.25) is 4.79 Å². The van der Waals surface area contributed by atoms with Gasteiger partial charge in [0.25, 0.3) is 0 Å². The maximum Gasteiger partial charge on any atom is 0.335 e. The molecule has 0 saturated heterocycles. The van der Waals surface area contributed by atoms with Crippen molar-refractivity contribution in [3.63, 3.8) is 0 Å². The van der Waals surface area contributed by atoms with Crippen molar-refractivity contribution in [2.45, 2.75) is 19.8 Å². The van der Waals surface area contributed by atoms with E-state index in [2.05, 4.69) is 0 Å². The first kappa shape index (κ1) is 17.0. The van der Waals surface area contributed by atoms with Crippen LogP contribution in [0.15, 0.2) is 54.1 Å². The normalized spacial score (nSPS) is 15.3. The summed E-state index contributed by atoms with van der Waals surface area (Å²) in [5.41, 5.74) is 3.99. The minimum atomic E-state index is -0.738. The van der Waals surface area contributed by atoms with Crippen molar-refractivity contribution in [3.8, 4) is 11.1 Å². The molecule has 0 N–H and O–H groups in total. The molecule has 0 aromatic heterocycles. The van der Waals surface area contributed by atoms with Gasteiger partial charge in [-0.05, 0) is 42.2 Å². The average molecular weight is 336 g/mol. The van der Waals surface area contributed by atoms with Crippen molar-refractivity contribution >= 4 is 18.0 Å². The van der Waals surface area contributed by atoms with Crippen LogP contribution in [0.2, 0.25) is 0 Å². The number of hydrogen-bond donors (Lipinski definition) is 0. The SMILES string of the molecule is CCOC(=O)C1=Cc2c(-c3ccccc3)cccc2C1C(=O)OCC. The van der Waals surface area contributed by atoms with Gasteiger partial charge in [0, 0.05) is 0 Å². The zero-order valence-electron chi connectivity index (χ0n) is 14.3. The van der Waals surface area contributed by atoms with Gasteiger partial charge in [0.05, 0.1) is 18.8 Å². The lowest BCUT2D eigenvalue weighted by Gasteiger charge is -2.15. The van der Waals surface area contributed by atoms with Crippen LogP contribution in [0.5, 0.6) is 0 Å². The fourth-order valence-electron chi connectivity index (χ4n) is 3.14. The molecule has 25 heavy (non-hydrogen) atoms. The van der Waals surface area contributed by atoms with Crippen molar-refractivity contribution < 1.29 is 19.1 Å². The number of carbonyl (C=O) groups is 2. The third kappa shape index (κ3) is 3.20. The number of hydrogen-bond acceptors (Lipinski definition) is 4. The van der Waals surface area contributed by atoms with Gasteiger partial charge in [-0.1, -0.05) is 48.5 Å². The van der Waals surface area contributed by atoms with Gasteiger partial charge < -0.3 is 9.47 Å². The first-order valence-electron chi connectivity index (χ1n) is 8.41. The molecule has 1 aliphatic carbocycles. The number of benzene rings is 2. The fraction of sp³-hybridized carbons (Fsp3) is 0.238. The summed E-state index contributed by atoms with van der Waals surface area (Å²) in [6.07, 6.45) is 1.76. The van der Waals surface area contributed by atoms with Gasteiger partial charge in [-0.15, -0.1) is 0 Å². The minimum absolute atomic E-state index is 0.258. The molecule has 1 unspecified atom stereocenters. The van der Waals surface area contributed by atoms with Gasteiger partial charge in [0.15, 0.2) is 0 Å². The maximum atomic E-state index is 12.5. The Morgan fingerprint density at radius 2 is 1.64 bits per heavy atom. The molecule has 0 fully saturated rings. The Bertz CT molecular complexity index is 821. The summed E-state index contributed by atoms with van der Waals surface area (Å²) in [6.45, 7) is 4.02. The lowest BCUT2D eigenvalue weighted by molar-refractivity contribution is -0.147. The van der Waals surface area contributed by atoms with E-state index in [4.69, 9.17) is 9.47 Å². The topological polar surface area (TPSA) is 52.6 Å². The van der Waals surface area contributed by atoms with Gasteiger partial charge in [-0.2, -0.15) is 0 Å². The van der Waals surface area contributed by atoms with Crippen LogP contribution in [0.1, 0.15) is 30.9 Å². The lowest BCUT2D eigenvalue weighted by Crippen LogP contribution is -2.21. The lowest BCUT2D eigenvalue weighted by atomic mass is 9.92. The summed E-state index contributed by atoms with van der Waals surface area (Å²) >= 11 is 0. The van der Waals surface area contributed by atoms with Crippen LogP contribution in [0, 0.1) is 0 Å². The van der Waals surface area contributed by atoms with Crippen molar-refractivity contribution in [2.75, 3.05) is 13.2 Å². The molecular weight excluding hydrogens is 316 g/mol. The summed E-state index contributed by atoms with van der Waals surface area (Å²) < 4.78 is 10.3. The predicted octanol–water partition coefficient (Wildman–Crippen LogP) is 3.96. The number of fused-ring (bicyclic) bond motifs is 1. The maximum absolute atomic E-state index is 12.5. The molecule has 128 valence electrons. The summed E-state index contributed by atoms with van der Waals surface area (Å²) in [5.74, 6) is -1.64. The quantitative estimate of drug-likeness (QED) is 0.776. The van der Waals surface area contributed by atoms with E-state index in [1.807, 2.05) is 48.5 Å². The molecule has 4 nitrogen and oxygen atoms in total. The Hall–Kier alpha value is -2.88. The highest BCUT2D eigenvalue weighted by Gasteiger charge is 2.38. The molecule has 0 radical (unpaired) electrons. The standard InChI is InChI=1S/C21H20O4/c1-3-24-20(22)18-13-17-15(14-9-6-5-7-10-14)11-8-12-16(17)19(18)21(23)25-4-2/h5-13,19H,3-4H2,1-2H3. The molecule has 0 heterocycles. The summed E-state index contributed by atoms with van der Waals surface area (Å²) in [7, 11) is 0.